The molecule has 7 atom stereocenters. The third-order valence-corrected chi connectivity index (χ3v) is 21.0. The van der Waals surface area contributed by atoms with E-state index in [1.54, 1.807) is 0 Å². The van der Waals surface area contributed by atoms with Gasteiger partial charge in [0.1, 0.15) is 19.3 Å². The molecule has 0 rings (SSSR count). The molecule has 0 aliphatic carbocycles. The lowest BCUT2D eigenvalue weighted by atomic mass is 9.99. The van der Waals surface area contributed by atoms with Gasteiger partial charge in [-0.15, -0.1) is 0 Å². The molecule has 0 spiro atoms. The first-order valence-electron chi connectivity index (χ1n) is 40.9. The maximum Gasteiger partial charge on any atom is 0.472 e. The Balaban J connectivity index is 5.28. The summed E-state index contributed by atoms with van der Waals surface area (Å²) in [5.41, 5.74) is 0. The minimum Gasteiger partial charge on any atom is -0.462 e. The zero-order valence-corrected chi connectivity index (χ0v) is 66.0. The highest BCUT2D eigenvalue weighted by molar-refractivity contribution is 7.47. The Kier molecular flexibility index (Phi) is 68.1. The average molecular weight is 1440 g/mol. The number of esters is 4. The van der Waals surface area contributed by atoms with Gasteiger partial charge in [0.15, 0.2) is 12.2 Å². The fraction of sp³-hybridized carbons (Fsp3) is 0.949. The number of phosphoric ester groups is 2. The van der Waals surface area contributed by atoms with Gasteiger partial charge in [-0.3, -0.25) is 37.3 Å². The molecule has 17 nitrogen and oxygen atoms in total. The molecule has 19 heteroatoms. The smallest absolute Gasteiger partial charge is 0.462 e. The van der Waals surface area contributed by atoms with Crippen molar-refractivity contribution in [1.29, 1.82) is 0 Å². The van der Waals surface area contributed by atoms with Crippen molar-refractivity contribution >= 4 is 39.5 Å². The molecule has 0 saturated heterocycles. The zero-order valence-electron chi connectivity index (χ0n) is 64.3. The second-order valence-electron chi connectivity index (χ2n) is 29.4. The van der Waals surface area contributed by atoms with Gasteiger partial charge < -0.3 is 33.8 Å². The Hall–Kier alpha value is -1.94. The molecule has 0 bridgehead atoms. The summed E-state index contributed by atoms with van der Waals surface area (Å²) in [4.78, 5) is 73.0. The molecule has 582 valence electrons. The lowest BCUT2D eigenvalue weighted by Gasteiger charge is -2.21. The van der Waals surface area contributed by atoms with Gasteiger partial charge in [-0.05, 0) is 43.4 Å². The summed E-state index contributed by atoms with van der Waals surface area (Å²) in [6.07, 6.45) is 56.7. The van der Waals surface area contributed by atoms with Crippen LogP contribution in [0.2, 0.25) is 0 Å². The number of rotatable bonds is 77. The fourth-order valence-corrected chi connectivity index (χ4v) is 13.6. The van der Waals surface area contributed by atoms with Gasteiger partial charge in [0, 0.05) is 25.7 Å². The van der Waals surface area contributed by atoms with Crippen LogP contribution in [0.3, 0.4) is 0 Å². The molecule has 0 aliphatic heterocycles. The molecule has 0 amide bonds. The molecule has 98 heavy (non-hydrogen) atoms. The average Bonchev–Trinajstić information content (AvgIpc) is 1.01. The summed E-state index contributed by atoms with van der Waals surface area (Å²) < 4.78 is 68.7. The number of ether oxygens (including phenoxy) is 4. The summed E-state index contributed by atoms with van der Waals surface area (Å²) in [5.74, 6) is 0.250. The highest BCUT2D eigenvalue weighted by atomic mass is 31.2. The Morgan fingerprint density at radius 3 is 0.776 bits per heavy atom. The quantitative estimate of drug-likeness (QED) is 0.0222. The van der Waals surface area contributed by atoms with E-state index in [9.17, 15) is 43.2 Å². The summed E-state index contributed by atoms with van der Waals surface area (Å²) >= 11 is 0. The molecular weight excluding hydrogens is 1280 g/mol. The third-order valence-electron chi connectivity index (χ3n) is 19.1. The number of hydrogen-bond acceptors (Lipinski definition) is 15. The SMILES string of the molecule is CCCCCCCCCCCCCCCCCCCC(=O)O[C@H](COC(=O)CCCCCCCCCCCCCCC(C)C)COP(=O)(O)OC[C@@H](O)COP(=O)(O)OC[C@@H](COC(=O)CCCCCCCCCCC(C)CC)OC(=O)CCCCCCCCCCCCC(C)CC. The Bertz CT molecular complexity index is 1910. The maximum absolute atomic E-state index is 13.1. The molecule has 0 aromatic heterocycles. The highest BCUT2D eigenvalue weighted by Crippen LogP contribution is 2.45. The van der Waals surface area contributed by atoms with Gasteiger partial charge >= 0.3 is 39.5 Å². The van der Waals surface area contributed by atoms with Gasteiger partial charge in [0.05, 0.1) is 26.4 Å². The molecule has 3 N–H and O–H groups in total. The first-order chi connectivity index (χ1) is 47.3. The van der Waals surface area contributed by atoms with E-state index in [1.165, 1.54) is 218 Å². The molecule has 0 aromatic carbocycles. The first kappa shape index (κ1) is 96.1. The number of hydrogen-bond donors (Lipinski definition) is 3. The summed E-state index contributed by atoms with van der Waals surface area (Å²) in [5, 5.41) is 10.6. The van der Waals surface area contributed by atoms with Crippen molar-refractivity contribution in [3.63, 3.8) is 0 Å². The number of phosphoric acid groups is 2. The van der Waals surface area contributed by atoms with Gasteiger partial charge in [-0.1, -0.05) is 357 Å². The van der Waals surface area contributed by atoms with Crippen molar-refractivity contribution < 1.29 is 80.2 Å². The third kappa shape index (κ3) is 69.8. The van der Waals surface area contributed by atoms with Gasteiger partial charge in [0.2, 0.25) is 0 Å². The van der Waals surface area contributed by atoms with Crippen molar-refractivity contribution in [1.82, 2.24) is 0 Å². The molecule has 0 aliphatic rings. The topological polar surface area (TPSA) is 237 Å². The van der Waals surface area contributed by atoms with Crippen LogP contribution in [-0.4, -0.2) is 96.7 Å². The van der Waals surface area contributed by atoms with Crippen molar-refractivity contribution in [2.45, 2.75) is 426 Å². The van der Waals surface area contributed by atoms with E-state index < -0.39 is 97.5 Å². The largest absolute Gasteiger partial charge is 0.472 e. The van der Waals surface area contributed by atoms with E-state index in [1.807, 2.05) is 0 Å². The zero-order chi connectivity index (χ0) is 72.3. The van der Waals surface area contributed by atoms with Crippen molar-refractivity contribution in [2.24, 2.45) is 17.8 Å². The van der Waals surface area contributed by atoms with E-state index in [2.05, 4.69) is 48.5 Å². The van der Waals surface area contributed by atoms with Crippen molar-refractivity contribution in [3.8, 4) is 0 Å². The summed E-state index contributed by atoms with van der Waals surface area (Å²) in [6.45, 7) is 12.0. The van der Waals surface area contributed by atoms with Crippen LogP contribution >= 0.6 is 15.6 Å². The van der Waals surface area contributed by atoms with E-state index in [4.69, 9.17) is 37.0 Å². The predicted molar refractivity (Wildman–Crippen MR) is 400 cm³/mol. The van der Waals surface area contributed by atoms with Crippen LogP contribution in [0.4, 0.5) is 0 Å². The molecule has 0 heterocycles. The Morgan fingerprint density at radius 2 is 0.520 bits per heavy atom. The van der Waals surface area contributed by atoms with Crippen molar-refractivity contribution in [2.75, 3.05) is 39.6 Å². The van der Waals surface area contributed by atoms with Crippen LogP contribution in [0.1, 0.15) is 408 Å². The van der Waals surface area contributed by atoms with Crippen LogP contribution < -0.4 is 0 Å². The van der Waals surface area contributed by atoms with Crippen LogP contribution in [0, 0.1) is 17.8 Å². The van der Waals surface area contributed by atoms with E-state index in [-0.39, 0.29) is 25.7 Å². The fourth-order valence-electron chi connectivity index (χ4n) is 12.1. The molecule has 0 radical (unpaired) electrons. The lowest BCUT2D eigenvalue weighted by Crippen LogP contribution is -2.30. The van der Waals surface area contributed by atoms with Crippen LogP contribution in [0.5, 0.6) is 0 Å². The molecule has 0 aromatic rings. The number of aliphatic hydroxyl groups excluding tert-OH is 1. The highest BCUT2D eigenvalue weighted by Gasteiger charge is 2.30. The maximum atomic E-state index is 13.1. The normalized spacial score (nSPS) is 14.6. The standard InChI is InChI=1S/C79H154O17P2/c1-8-11-12-13-14-15-16-17-18-19-20-21-26-32-41-48-55-62-78(83)95-74(66-89-76(81)60-53-46-39-31-25-23-22-24-29-36-43-50-57-70(4)5)68-93-97(85,86)91-64-73(80)65-92-98(87,88)94-69-75(67-90-77(82)61-54-47-40-35-34-38-45-52-59-72(7)10-3)96-79(84)63-56-49-42-33-28-27-30-37-44-51-58-71(6)9-2/h70-75,80H,8-69H2,1-7H3,(H,85,86)(H,87,88)/t71?,72?,73-,74-,75-/m1/s1. The monoisotopic (exact) mass is 1440 g/mol. The molecular formula is C79H154O17P2. The van der Waals surface area contributed by atoms with Crippen LogP contribution in [0.15, 0.2) is 0 Å². The summed E-state index contributed by atoms with van der Waals surface area (Å²) in [7, 11) is -9.92. The number of carbonyl (C=O) groups excluding carboxylic acids is 4. The van der Waals surface area contributed by atoms with Crippen LogP contribution in [-0.2, 0) is 65.4 Å². The number of carbonyl (C=O) groups is 4. The first-order valence-corrected chi connectivity index (χ1v) is 43.9. The van der Waals surface area contributed by atoms with Gasteiger partial charge in [0.25, 0.3) is 0 Å². The minimum atomic E-state index is -4.96. The second-order valence-corrected chi connectivity index (χ2v) is 32.3. The predicted octanol–water partition coefficient (Wildman–Crippen LogP) is 23.4. The molecule has 4 unspecified atom stereocenters. The molecule has 0 fully saturated rings. The Labute approximate surface area is 600 Å². The van der Waals surface area contributed by atoms with Gasteiger partial charge in [-0.25, -0.2) is 9.13 Å². The minimum absolute atomic E-state index is 0.106. The number of aliphatic hydroxyl groups is 1. The summed E-state index contributed by atoms with van der Waals surface area (Å²) in [6, 6.07) is 0. The van der Waals surface area contributed by atoms with E-state index in [0.29, 0.717) is 25.7 Å². The van der Waals surface area contributed by atoms with Crippen LogP contribution in [0.25, 0.3) is 0 Å². The second kappa shape index (κ2) is 69.4. The molecule has 0 saturated carbocycles. The lowest BCUT2D eigenvalue weighted by molar-refractivity contribution is -0.161. The number of unbranched alkanes of at least 4 members (excludes halogenated alkanes) is 43. The van der Waals surface area contributed by atoms with Gasteiger partial charge in [-0.2, -0.15) is 0 Å². The Morgan fingerprint density at radius 1 is 0.296 bits per heavy atom. The van der Waals surface area contributed by atoms with E-state index in [0.717, 1.165) is 108 Å². The van der Waals surface area contributed by atoms with E-state index >= 15 is 0 Å². The van der Waals surface area contributed by atoms with Crippen molar-refractivity contribution in [3.05, 3.63) is 0 Å².